The Morgan fingerprint density at radius 1 is 0.490 bits per heavy atom. The van der Waals surface area contributed by atoms with Crippen LogP contribution in [-0.2, 0) is 9.59 Å². The Labute approximate surface area is 312 Å². The minimum Gasteiger partial charge on any atom is -0.457 e. The highest BCUT2D eigenvalue weighted by Crippen LogP contribution is 2.41. The van der Waals surface area contributed by atoms with Crippen LogP contribution in [0.2, 0.25) is 10.0 Å². The maximum atomic E-state index is 13.3. The number of azo groups is 2. The third-order valence-corrected chi connectivity index (χ3v) is 8.60. The zero-order valence-electron chi connectivity index (χ0n) is 31.7. The summed E-state index contributed by atoms with van der Waals surface area (Å²) >= 11 is 12.9. The van der Waals surface area contributed by atoms with Gasteiger partial charge >= 0.3 is 0 Å². The molecule has 0 spiro atoms. The first-order valence-electron chi connectivity index (χ1n) is 16.9. The molecule has 0 radical (unpaired) electrons. The van der Waals surface area contributed by atoms with Gasteiger partial charge in [-0.25, -0.2) is 0 Å². The Hall–Kier alpha value is -4.20. The van der Waals surface area contributed by atoms with Gasteiger partial charge in [0.15, 0.2) is 11.6 Å². The van der Waals surface area contributed by atoms with Crippen molar-refractivity contribution >= 4 is 46.1 Å². The monoisotopic (exact) mass is 726 g/mol. The molecule has 2 aromatic carbocycles. The summed E-state index contributed by atoms with van der Waals surface area (Å²) in [5.41, 5.74) is 4.16. The predicted molar refractivity (Wildman–Crippen MR) is 208 cm³/mol. The molecule has 0 saturated heterocycles. The van der Waals surface area contributed by atoms with Crippen LogP contribution in [-0.4, -0.2) is 11.6 Å². The average Bonchev–Trinajstić information content (AvgIpc) is 2.95. The van der Waals surface area contributed by atoms with E-state index in [0.29, 0.717) is 32.9 Å². The van der Waals surface area contributed by atoms with E-state index in [9.17, 15) is 9.59 Å². The Kier molecular flexibility index (Phi) is 11.5. The van der Waals surface area contributed by atoms with Crippen molar-refractivity contribution in [3.8, 4) is 11.5 Å². The molecule has 7 nitrogen and oxygen atoms in total. The average molecular weight is 728 g/mol. The maximum Gasteiger partial charge on any atom is 0.186 e. The first-order valence-corrected chi connectivity index (χ1v) is 17.7. The van der Waals surface area contributed by atoms with Crippen LogP contribution >= 0.6 is 23.2 Å². The van der Waals surface area contributed by atoms with E-state index in [1.54, 1.807) is 48.8 Å². The Morgan fingerprint density at radius 2 is 0.784 bits per heavy atom. The van der Waals surface area contributed by atoms with E-state index in [2.05, 4.69) is 20.5 Å². The number of ether oxygens (including phenoxy) is 1. The highest BCUT2D eigenvalue weighted by atomic mass is 35.5. The third kappa shape index (κ3) is 10.4. The van der Waals surface area contributed by atoms with E-state index in [4.69, 9.17) is 27.9 Å². The molecule has 2 aliphatic rings. The van der Waals surface area contributed by atoms with Crippen LogP contribution in [0.25, 0.3) is 0 Å². The molecule has 0 atom stereocenters. The van der Waals surface area contributed by atoms with Crippen LogP contribution in [0.4, 0.5) is 11.4 Å². The predicted octanol–water partition coefficient (Wildman–Crippen LogP) is 13.8. The van der Waals surface area contributed by atoms with Crippen LogP contribution in [0.5, 0.6) is 11.5 Å². The largest absolute Gasteiger partial charge is 0.457 e. The van der Waals surface area contributed by atoms with E-state index < -0.39 is 0 Å². The number of benzene rings is 2. The van der Waals surface area contributed by atoms with Gasteiger partial charge in [0.2, 0.25) is 0 Å². The fraction of sp³-hybridized carbons (Fsp3) is 0.381. The molecule has 0 unspecified atom stereocenters. The SMILES string of the molecule is CC(C)(C)C1=CC(=CN=Nc2cc(Cl)cc(Oc3cc(Cl)cc(N=NC=C4C=C(C(C)(C)C)C(=O)C(C(C)(C)C)=C4)c3)c2)C=C(C(C)(C)C)C1=O. The van der Waals surface area contributed by atoms with Gasteiger partial charge in [-0.3, -0.25) is 9.59 Å². The number of carbonyl (C=O) groups is 2. The molecule has 2 aliphatic carbocycles. The van der Waals surface area contributed by atoms with Crippen molar-refractivity contribution in [2.24, 2.45) is 42.1 Å². The highest BCUT2D eigenvalue weighted by molar-refractivity contribution is 6.31. The first kappa shape index (κ1) is 39.6. The second-order valence-electron chi connectivity index (χ2n) is 17.0. The number of allylic oxidation sites excluding steroid dienone is 10. The van der Waals surface area contributed by atoms with Gasteiger partial charge in [0, 0.05) is 44.5 Å². The molecule has 0 N–H and O–H groups in total. The molecule has 0 heterocycles. The molecular weight excluding hydrogens is 679 g/mol. The summed E-state index contributed by atoms with van der Waals surface area (Å²) < 4.78 is 6.13. The normalized spacial score (nSPS) is 16.4. The fourth-order valence-corrected chi connectivity index (χ4v) is 5.91. The molecule has 0 saturated carbocycles. The van der Waals surface area contributed by atoms with Crippen molar-refractivity contribution in [3.05, 3.63) is 117 Å². The number of halogens is 2. The van der Waals surface area contributed by atoms with Crippen LogP contribution in [0.15, 0.2) is 127 Å². The van der Waals surface area contributed by atoms with Crippen molar-refractivity contribution in [2.75, 3.05) is 0 Å². The van der Waals surface area contributed by atoms with E-state index in [-0.39, 0.29) is 33.2 Å². The number of Topliss-reactive ketones (excluding diaryl/α,β-unsaturated/α-hetero) is 2. The molecule has 0 bridgehead atoms. The van der Waals surface area contributed by atoms with Crippen molar-refractivity contribution in [1.29, 1.82) is 0 Å². The standard InChI is InChI=1S/C42H48Cl2N4O3/c1-39(2,3)33-13-25(14-34(37(33)49)40(4,5)6)23-45-47-29-17-27(43)19-31(21-29)51-32-20-28(44)18-30(22-32)48-46-24-26-15-35(41(7,8)9)38(50)36(16-26)42(10,11)12/h13-24H,1-12H3. The molecule has 0 amide bonds. The van der Waals surface area contributed by atoms with Crippen LogP contribution in [0.3, 0.4) is 0 Å². The zero-order chi connectivity index (χ0) is 38.1. The number of hydrogen-bond donors (Lipinski definition) is 0. The van der Waals surface area contributed by atoms with Gasteiger partial charge in [-0.2, -0.15) is 20.5 Å². The van der Waals surface area contributed by atoms with Crippen molar-refractivity contribution in [3.63, 3.8) is 0 Å². The van der Waals surface area contributed by atoms with Gasteiger partial charge in [0.05, 0.1) is 23.8 Å². The van der Waals surface area contributed by atoms with Gasteiger partial charge in [-0.1, -0.05) is 106 Å². The zero-order valence-corrected chi connectivity index (χ0v) is 33.2. The quantitative estimate of drug-likeness (QED) is 0.277. The summed E-state index contributed by atoms with van der Waals surface area (Å²) in [7, 11) is 0. The van der Waals surface area contributed by atoms with Gasteiger partial charge in [-0.05, 0) is 81.4 Å². The van der Waals surface area contributed by atoms with Crippen molar-refractivity contribution in [1.82, 2.24) is 0 Å². The lowest BCUT2D eigenvalue weighted by Crippen LogP contribution is -2.27. The van der Waals surface area contributed by atoms with E-state index in [1.807, 2.05) is 107 Å². The summed E-state index contributed by atoms with van der Waals surface area (Å²) in [6.07, 6.45) is 10.8. The topological polar surface area (TPSA) is 92.8 Å². The van der Waals surface area contributed by atoms with Gasteiger partial charge in [0.1, 0.15) is 11.5 Å². The summed E-state index contributed by atoms with van der Waals surface area (Å²) in [6.45, 7) is 24.3. The lowest BCUT2D eigenvalue weighted by atomic mass is 9.72. The number of hydrogen-bond acceptors (Lipinski definition) is 7. The van der Waals surface area contributed by atoms with Crippen molar-refractivity contribution in [2.45, 2.75) is 83.1 Å². The second-order valence-corrected chi connectivity index (χ2v) is 17.8. The molecule has 0 fully saturated rings. The fourth-order valence-electron chi connectivity index (χ4n) is 5.47. The third-order valence-electron chi connectivity index (χ3n) is 8.16. The van der Waals surface area contributed by atoms with Gasteiger partial charge in [0.25, 0.3) is 0 Å². The minimum absolute atomic E-state index is 0.0592. The smallest absolute Gasteiger partial charge is 0.186 e. The summed E-state index contributed by atoms with van der Waals surface area (Å²) in [4.78, 5) is 26.5. The van der Waals surface area contributed by atoms with Crippen molar-refractivity contribution < 1.29 is 14.3 Å². The Bertz CT molecular complexity index is 1780. The van der Waals surface area contributed by atoms with Crippen LogP contribution in [0.1, 0.15) is 83.1 Å². The molecule has 268 valence electrons. The molecule has 0 aliphatic heterocycles. The molecule has 9 heteroatoms. The van der Waals surface area contributed by atoms with Crippen LogP contribution < -0.4 is 4.74 Å². The molecule has 51 heavy (non-hydrogen) atoms. The summed E-state index contributed by atoms with van der Waals surface area (Å²) in [5.74, 6) is 0.972. The first-order chi connectivity index (χ1) is 23.4. The lowest BCUT2D eigenvalue weighted by Gasteiger charge is -2.31. The van der Waals surface area contributed by atoms with Crippen LogP contribution in [0, 0.1) is 21.7 Å². The highest BCUT2D eigenvalue weighted by Gasteiger charge is 2.35. The molecule has 0 aromatic heterocycles. The van der Waals surface area contributed by atoms with E-state index in [0.717, 1.165) is 33.4 Å². The molecule has 4 rings (SSSR count). The number of ketones is 2. The minimum atomic E-state index is -0.325. The lowest BCUT2D eigenvalue weighted by molar-refractivity contribution is -0.114. The Morgan fingerprint density at radius 3 is 1.06 bits per heavy atom. The van der Waals surface area contributed by atoms with E-state index >= 15 is 0 Å². The number of carbonyl (C=O) groups excluding carboxylic acids is 2. The summed E-state index contributed by atoms with van der Waals surface area (Å²) in [5, 5.41) is 18.2. The summed E-state index contributed by atoms with van der Waals surface area (Å²) in [6, 6.07) is 10.1. The maximum absolute atomic E-state index is 13.3. The second kappa shape index (κ2) is 14.8. The van der Waals surface area contributed by atoms with Gasteiger partial charge in [-0.15, -0.1) is 0 Å². The van der Waals surface area contributed by atoms with Gasteiger partial charge < -0.3 is 4.74 Å². The Balaban J connectivity index is 1.58. The number of rotatable bonds is 6. The van der Waals surface area contributed by atoms with E-state index in [1.165, 1.54) is 0 Å². The number of nitrogens with zero attached hydrogens (tertiary/aromatic N) is 4. The molecular formula is C42H48Cl2N4O3. The molecule has 2 aromatic rings.